The van der Waals surface area contributed by atoms with Crippen molar-refractivity contribution < 1.29 is 0 Å². The first-order chi connectivity index (χ1) is 8.11. The molecule has 0 saturated heterocycles. The van der Waals surface area contributed by atoms with Crippen LogP contribution in [0, 0.1) is 16.7 Å². The van der Waals surface area contributed by atoms with Gasteiger partial charge >= 0.3 is 0 Å². The van der Waals surface area contributed by atoms with Crippen LogP contribution >= 0.6 is 0 Å². The molecule has 0 bridgehead atoms. The van der Waals surface area contributed by atoms with Crippen molar-refractivity contribution in [3.05, 3.63) is 35.4 Å². The molecule has 1 aliphatic carbocycles. The van der Waals surface area contributed by atoms with E-state index >= 15 is 0 Å². The summed E-state index contributed by atoms with van der Waals surface area (Å²) < 4.78 is 0. The maximum absolute atomic E-state index is 8.75. The molecule has 1 aliphatic rings. The van der Waals surface area contributed by atoms with Crippen LogP contribution in [0.5, 0.6) is 0 Å². The summed E-state index contributed by atoms with van der Waals surface area (Å²) in [6.45, 7) is 4.75. The quantitative estimate of drug-likeness (QED) is 0.733. The lowest BCUT2D eigenvalue weighted by molar-refractivity contribution is 0.219. The van der Waals surface area contributed by atoms with Crippen LogP contribution in [0.15, 0.2) is 24.3 Å². The Balaban J connectivity index is 2.16. The predicted octanol–water partition coefficient (Wildman–Crippen LogP) is 4.44. The highest BCUT2D eigenvalue weighted by Crippen LogP contribution is 2.43. The topological polar surface area (TPSA) is 23.8 Å². The smallest absolute Gasteiger partial charge is 0.0669 e. The molecule has 17 heavy (non-hydrogen) atoms. The molecule has 0 amide bonds. The Kier molecular flexibility index (Phi) is 3.52. The van der Waals surface area contributed by atoms with Crippen molar-refractivity contribution >= 4 is 0 Å². The monoisotopic (exact) mass is 227 g/mol. The molecule has 0 N–H and O–H groups in total. The first-order valence-corrected chi connectivity index (χ1v) is 6.56. The van der Waals surface area contributed by atoms with E-state index in [9.17, 15) is 0 Å². The largest absolute Gasteiger partial charge is 0.198 e. The summed E-state index contributed by atoms with van der Waals surface area (Å²) in [5.41, 5.74) is 3.08. The summed E-state index contributed by atoms with van der Waals surface area (Å²) in [5.74, 6) is 0.692. The van der Waals surface area contributed by atoms with E-state index in [1.807, 2.05) is 0 Å². The molecular weight excluding hydrogens is 206 g/mol. The molecule has 2 rings (SSSR count). The second-order valence-electron chi connectivity index (χ2n) is 6.04. The number of nitriles is 1. The molecule has 1 unspecified atom stereocenters. The molecule has 0 aromatic heterocycles. The second-order valence-corrected chi connectivity index (χ2v) is 6.04. The van der Waals surface area contributed by atoms with E-state index < -0.39 is 0 Å². The first-order valence-electron chi connectivity index (χ1n) is 6.56. The van der Waals surface area contributed by atoms with Gasteiger partial charge in [-0.15, -0.1) is 0 Å². The van der Waals surface area contributed by atoms with Crippen molar-refractivity contribution in [1.82, 2.24) is 0 Å². The fourth-order valence-corrected chi connectivity index (χ4v) is 3.03. The number of benzene rings is 1. The van der Waals surface area contributed by atoms with Crippen LogP contribution in [0.25, 0.3) is 0 Å². The molecule has 0 spiro atoms. The molecule has 1 aromatic rings. The van der Waals surface area contributed by atoms with Gasteiger partial charge in [0.1, 0.15) is 0 Å². The van der Waals surface area contributed by atoms with Gasteiger partial charge in [0.05, 0.1) is 12.5 Å². The van der Waals surface area contributed by atoms with Gasteiger partial charge in [-0.3, -0.25) is 0 Å². The lowest BCUT2D eigenvalue weighted by Crippen LogP contribution is -2.21. The summed E-state index contributed by atoms with van der Waals surface area (Å²) in [5, 5.41) is 8.75. The zero-order valence-electron chi connectivity index (χ0n) is 10.9. The highest BCUT2D eigenvalue weighted by atomic mass is 14.3. The highest BCUT2D eigenvalue weighted by Gasteiger charge is 2.28. The summed E-state index contributed by atoms with van der Waals surface area (Å²) in [7, 11) is 0. The van der Waals surface area contributed by atoms with Crippen LogP contribution in [-0.4, -0.2) is 0 Å². The highest BCUT2D eigenvalue weighted by molar-refractivity contribution is 5.28. The Morgan fingerprint density at radius 1 is 1.41 bits per heavy atom. The van der Waals surface area contributed by atoms with Gasteiger partial charge < -0.3 is 0 Å². The van der Waals surface area contributed by atoms with Crippen LogP contribution in [0.1, 0.15) is 56.6 Å². The maximum Gasteiger partial charge on any atom is 0.0669 e. The average Bonchev–Trinajstić information content (AvgIpc) is 2.28. The van der Waals surface area contributed by atoms with E-state index in [2.05, 4.69) is 44.2 Å². The van der Waals surface area contributed by atoms with Crippen molar-refractivity contribution in [2.75, 3.05) is 0 Å². The van der Waals surface area contributed by atoms with Gasteiger partial charge in [-0.25, -0.2) is 0 Å². The van der Waals surface area contributed by atoms with E-state index in [-0.39, 0.29) is 0 Å². The fraction of sp³-hybridized carbons (Fsp3) is 0.562. The van der Waals surface area contributed by atoms with Crippen molar-refractivity contribution in [1.29, 1.82) is 5.26 Å². The minimum atomic E-state index is 0.480. The summed E-state index contributed by atoms with van der Waals surface area (Å²) in [6, 6.07) is 10.8. The molecule has 1 heteroatoms. The molecule has 1 nitrogen and oxygen atoms in total. The minimum absolute atomic E-state index is 0.480. The van der Waals surface area contributed by atoms with E-state index in [0.717, 1.165) is 5.56 Å². The Bertz CT molecular complexity index is 425. The Hall–Kier alpha value is -1.29. The third-order valence-corrected chi connectivity index (χ3v) is 3.91. The van der Waals surface area contributed by atoms with Crippen molar-refractivity contribution in [3.8, 4) is 6.07 Å². The third-order valence-electron chi connectivity index (χ3n) is 3.91. The van der Waals surface area contributed by atoms with Crippen molar-refractivity contribution in [2.45, 2.75) is 51.9 Å². The molecule has 0 radical (unpaired) electrons. The van der Waals surface area contributed by atoms with Gasteiger partial charge in [0.15, 0.2) is 0 Å². The van der Waals surface area contributed by atoms with Crippen LogP contribution < -0.4 is 0 Å². The molecule has 1 aromatic carbocycles. The Morgan fingerprint density at radius 3 is 2.94 bits per heavy atom. The number of nitrogens with zero attached hydrogens (tertiary/aromatic N) is 1. The Morgan fingerprint density at radius 2 is 2.24 bits per heavy atom. The van der Waals surface area contributed by atoms with Crippen molar-refractivity contribution in [3.63, 3.8) is 0 Å². The normalized spacial score (nSPS) is 23.0. The number of hydrogen-bond acceptors (Lipinski definition) is 1. The molecule has 0 aliphatic heterocycles. The summed E-state index contributed by atoms with van der Waals surface area (Å²) in [4.78, 5) is 0. The molecule has 1 atom stereocenters. The van der Waals surface area contributed by atoms with E-state index in [4.69, 9.17) is 5.26 Å². The van der Waals surface area contributed by atoms with Crippen LogP contribution in [0.3, 0.4) is 0 Å². The maximum atomic E-state index is 8.75. The lowest BCUT2D eigenvalue weighted by Gasteiger charge is -2.35. The SMILES string of the molecule is CC1(C)CCCC(c2cccc(CC#N)c2)C1. The fourth-order valence-electron chi connectivity index (χ4n) is 3.03. The minimum Gasteiger partial charge on any atom is -0.198 e. The zero-order valence-corrected chi connectivity index (χ0v) is 10.9. The number of rotatable bonds is 2. The third kappa shape index (κ3) is 3.09. The first kappa shape index (κ1) is 12.2. The lowest BCUT2D eigenvalue weighted by atomic mass is 9.70. The molecule has 0 heterocycles. The van der Waals surface area contributed by atoms with Crippen molar-refractivity contribution in [2.24, 2.45) is 5.41 Å². The van der Waals surface area contributed by atoms with E-state index in [0.29, 0.717) is 17.8 Å². The summed E-state index contributed by atoms with van der Waals surface area (Å²) >= 11 is 0. The van der Waals surface area contributed by atoms with Gasteiger partial charge in [-0.1, -0.05) is 44.5 Å². The van der Waals surface area contributed by atoms with Gasteiger partial charge in [0.25, 0.3) is 0 Å². The van der Waals surface area contributed by atoms with Crippen LogP contribution in [0.4, 0.5) is 0 Å². The second kappa shape index (κ2) is 4.92. The standard InChI is InChI=1S/C16H21N/c1-16(2)9-4-7-15(12-16)14-6-3-5-13(11-14)8-10-17/h3,5-6,11,15H,4,7-9,12H2,1-2H3. The summed E-state index contributed by atoms with van der Waals surface area (Å²) in [6.07, 6.45) is 5.80. The molecule has 90 valence electrons. The van der Waals surface area contributed by atoms with Gasteiger partial charge in [0.2, 0.25) is 0 Å². The zero-order chi connectivity index (χ0) is 12.3. The van der Waals surface area contributed by atoms with Crippen LogP contribution in [-0.2, 0) is 6.42 Å². The van der Waals surface area contributed by atoms with Gasteiger partial charge in [-0.2, -0.15) is 5.26 Å². The van der Waals surface area contributed by atoms with Gasteiger partial charge in [-0.05, 0) is 41.7 Å². The average molecular weight is 227 g/mol. The predicted molar refractivity (Wildman–Crippen MR) is 70.7 cm³/mol. The van der Waals surface area contributed by atoms with E-state index in [1.165, 1.54) is 31.2 Å². The molecule has 1 saturated carbocycles. The van der Waals surface area contributed by atoms with E-state index in [1.54, 1.807) is 0 Å². The molecule has 1 fully saturated rings. The number of hydrogen-bond donors (Lipinski definition) is 0. The van der Waals surface area contributed by atoms with Crippen LogP contribution in [0.2, 0.25) is 0 Å². The molecular formula is C16H21N. The van der Waals surface area contributed by atoms with Gasteiger partial charge in [0, 0.05) is 0 Å². The Labute approximate surface area is 104 Å².